The SMILES string of the molecule is COC(=O)Nc1ccc(S(=O)(=O)Cc2ccccc2)c([C@H]2CCCN2C(=O)[C@@H](Nc2ccc3c(c2)C(=O)NC3=O)c2ccc(OC)c(OC)c2)c1. The van der Waals surface area contributed by atoms with Gasteiger partial charge in [-0.25, -0.2) is 13.2 Å². The number of carbonyl (C=O) groups is 4. The van der Waals surface area contributed by atoms with E-state index in [1.807, 2.05) is 0 Å². The second kappa shape index (κ2) is 14.5. The van der Waals surface area contributed by atoms with E-state index < -0.39 is 39.8 Å². The lowest BCUT2D eigenvalue weighted by molar-refractivity contribution is -0.133. The van der Waals surface area contributed by atoms with Crippen LogP contribution in [0.1, 0.15) is 62.3 Å². The van der Waals surface area contributed by atoms with Crippen LogP contribution in [0.2, 0.25) is 0 Å². The maximum Gasteiger partial charge on any atom is 0.411 e. The van der Waals surface area contributed by atoms with Crippen LogP contribution < -0.4 is 25.4 Å². The lowest BCUT2D eigenvalue weighted by Gasteiger charge is -2.31. The fourth-order valence-electron chi connectivity index (χ4n) is 6.47. The number of amides is 4. The Hall–Kier alpha value is -5.89. The largest absolute Gasteiger partial charge is 0.493 e. The lowest BCUT2D eigenvalue weighted by Crippen LogP contribution is -2.38. The van der Waals surface area contributed by atoms with Gasteiger partial charge in [-0.15, -0.1) is 0 Å². The molecular weight excluding hydrogens is 676 g/mol. The van der Waals surface area contributed by atoms with Crippen LogP contribution in [-0.2, 0) is 25.1 Å². The third-order valence-electron chi connectivity index (χ3n) is 8.91. The van der Waals surface area contributed by atoms with E-state index in [9.17, 15) is 27.6 Å². The Morgan fingerprint density at radius 1 is 0.863 bits per heavy atom. The van der Waals surface area contributed by atoms with Crippen molar-refractivity contribution in [2.45, 2.75) is 35.6 Å². The van der Waals surface area contributed by atoms with Crippen molar-refractivity contribution in [1.29, 1.82) is 0 Å². The highest BCUT2D eigenvalue weighted by molar-refractivity contribution is 7.90. The Kier molecular flexibility index (Phi) is 9.96. The van der Waals surface area contributed by atoms with Crippen LogP contribution in [0.4, 0.5) is 16.2 Å². The van der Waals surface area contributed by atoms with E-state index in [-0.39, 0.29) is 27.7 Å². The Labute approximate surface area is 294 Å². The summed E-state index contributed by atoms with van der Waals surface area (Å²) in [7, 11) is 0.267. The molecule has 0 bridgehead atoms. The molecule has 0 unspecified atom stereocenters. The van der Waals surface area contributed by atoms with E-state index in [1.54, 1.807) is 65.6 Å². The number of ether oxygens (including phenoxy) is 3. The van der Waals surface area contributed by atoms with Crippen LogP contribution in [0.3, 0.4) is 0 Å². The Morgan fingerprint density at radius 2 is 1.59 bits per heavy atom. The maximum atomic E-state index is 14.8. The number of anilines is 2. The van der Waals surface area contributed by atoms with Crippen molar-refractivity contribution >= 4 is 45.0 Å². The second-order valence-electron chi connectivity index (χ2n) is 12.0. The number of fused-ring (bicyclic) bond motifs is 1. The number of rotatable bonds is 11. The highest BCUT2D eigenvalue weighted by Gasteiger charge is 2.38. The van der Waals surface area contributed by atoms with Gasteiger partial charge in [-0.1, -0.05) is 36.4 Å². The van der Waals surface area contributed by atoms with Gasteiger partial charge in [-0.05, 0) is 78.1 Å². The van der Waals surface area contributed by atoms with Crippen LogP contribution in [0.5, 0.6) is 11.5 Å². The Balaban J connectivity index is 1.42. The normalized spacial score (nSPS) is 15.8. The van der Waals surface area contributed by atoms with E-state index in [4.69, 9.17) is 14.2 Å². The van der Waals surface area contributed by atoms with E-state index in [0.29, 0.717) is 59.0 Å². The first kappa shape index (κ1) is 35.0. The number of nitrogens with one attached hydrogen (secondary N) is 3. The average molecular weight is 713 g/mol. The van der Waals surface area contributed by atoms with Crippen molar-refractivity contribution < 1.29 is 41.8 Å². The minimum absolute atomic E-state index is 0.0383. The smallest absolute Gasteiger partial charge is 0.411 e. The van der Waals surface area contributed by atoms with Gasteiger partial charge in [-0.2, -0.15) is 0 Å². The zero-order chi connectivity index (χ0) is 36.3. The number of imide groups is 1. The summed E-state index contributed by atoms with van der Waals surface area (Å²) >= 11 is 0. The molecule has 0 aliphatic carbocycles. The minimum Gasteiger partial charge on any atom is -0.493 e. The number of hydrogen-bond acceptors (Lipinski definition) is 10. The molecule has 1 fully saturated rings. The van der Waals surface area contributed by atoms with Gasteiger partial charge in [0.05, 0.1) is 49.1 Å². The second-order valence-corrected chi connectivity index (χ2v) is 14.0. The quantitative estimate of drug-likeness (QED) is 0.175. The van der Waals surface area contributed by atoms with Gasteiger partial charge >= 0.3 is 6.09 Å². The molecule has 2 atom stereocenters. The maximum absolute atomic E-state index is 14.8. The Bertz CT molecular complexity index is 2120. The molecule has 13 nitrogen and oxygen atoms in total. The van der Waals surface area contributed by atoms with Crippen LogP contribution in [-0.4, -0.2) is 65.0 Å². The van der Waals surface area contributed by atoms with Gasteiger partial charge in [-0.3, -0.25) is 25.0 Å². The number of methoxy groups -OCH3 is 3. The van der Waals surface area contributed by atoms with Crippen molar-refractivity contribution in [3.63, 3.8) is 0 Å². The van der Waals surface area contributed by atoms with E-state index in [2.05, 4.69) is 16.0 Å². The van der Waals surface area contributed by atoms with Crippen LogP contribution >= 0.6 is 0 Å². The number of sulfone groups is 1. The van der Waals surface area contributed by atoms with Crippen molar-refractivity contribution in [3.8, 4) is 11.5 Å². The van der Waals surface area contributed by atoms with Crippen LogP contribution in [0.25, 0.3) is 0 Å². The molecule has 0 spiro atoms. The third kappa shape index (κ3) is 7.22. The fraction of sp³-hybridized carbons (Fsp3) is 0.243. The summed E-state index contributed by atoms with van der Waals surface area (Å²) in [4.78, 5) is 53.3. The van der Waals surface area contributed by atoms with Crippen LogP contribution in [0, 0.1) is 0 Å². The first-order valence-electron chi connectivity index (χ1n) is 16.1. The number of likely N-dealkylation sites (tertiary alicyclic amines) is 1. The summed E-state index contributed by atoms with van der Waals surface area (Å²) in [6.07, 6.45) is 0.284. The molecule has 2 aliphatic heterocycles. The molecule has 264 valence electrons. The van der Waals surface area contributed by atoms with Gasteiger partial charge < -0.3 is 24.4 Å². The van der Waals surface area contributed by atoms with Gasteiger partial charge in [0.2, 0.25) is 5.91 Å². The molecule has 4 amide bonds. The van der Waals surface area contributed by atoms with Gasteiger partial charge in [0, 0.05) is 17.9 Å². The topological polar surface area (TPSA) is 169 Å². The van der Waals surface area contributed by atoms with E-state index in [1.165, 1.54) is 45.6 Å². The van der Waals surface area contributed by atoms with Gasteiger partial charge in [0.15, 0.2) is 21.3 Å². The first-order chi connectivity index (χ1) is 24.5. The lowest BCUT2D eigenvalue weighted by atomic mass is 10.00. The first-order valence-corrected chi connectivity index (χ1v) is 17.7. The third-order valence-corrected chi connectivity index (χ3v) is 10.7. The summed E-state index contributed by atoms with van der Waals surface area (Å²) in [5.74, 6) is -0.878. The molecule has 14 heteroatoms. The molecule has 4 aromatic carbocycles. The molecule has 3 N–H and O–H groups in total. The molecule has 0 aromatic heterocycles. The predicted octanol–water partition coefficient (Wildman–Crippen LogP) is 5.26. The van der Waals surface area contributed by atoms with Crippen molar-refractivity contribution in [2.75, 3.05) is 38.5 Å². The molecule has 0 saturated carbocycles. The summed E-state index contributed by atoms with van der Waals surface area (Å²) in [6.45, 7) is 0.308. The van der Waals surface area contributed by atoms with Crippen molar-refractivity contribution in [2.24, 2.45) is 0 Å². The molecule has 0 radical (unpaired) electrons. The number of nitrogens with zero attached hydrogens (tertiary/aromatic N) is 1. The van der Waals surface area contributed by atoms with Crippen molar-refractivity contribution in [3.05, 3.63) is 113 Å². The Morgan fingerprint density at radius 3 is 2.31 bits per heavy atom. The predicted molar refractivity (Wildman–Crippen MR) is 188 cm³/mol. The van der Waals surface area contributed by atoms with Crippen molar-refractivity contribution in [1.82, 2.24) is 10.2 Å². The average Bonchev–Trinajstić information content (AvgIpc) is 3.74. The molecule has 4 aromatic rings. The standard InChI is InChI=1S/C37H36N4O9S/c1-48-30-15-11-23(18-31(30)49-2)33(38-24-12-14-26-27(19-24)35(43)40-34(26)42)36(44)41-17-7-10-29(41)28-20-25(39-37(45)50-3)13-16-32(28)51(46,47)21-22-8-5-4-6-9-22/h4-6,8-9,11-16,18-20,29,33,38H,7,10,17,21H2,1-3H3,(H,39,45)(H,40,42,43)/t29-,33+/m1/s1. The van der Waals surface area contributed by atoms with E-state index >= 15 is 0 Å². The molecule has 2 aliphatic rings. The number of benzene rings is 4. The molecule has 6 rings (SSSR count). The summed E-state index contributed by atoms with van der Waals surface area (Å²) in [5.41, 5.74) is 2.55. The number of hydrogen-bond donors (Lipinski definition) is 3. The molecular formula is C37H36N4O9S. The highest BCUT2D eigenvalue weighted by Crippen LogP contribution is 2.41. The highest BCUT2D eigenvalue weighted by atomic mass is 32.2. The summed E-state index contributed by atoms with van der Waals surface area (Å²) in [5, 5.41) is 8.13. The monoisotopic (exact) mass is 712 g/mol. The van der Waals surface area contributed by atoms with E-state index in [0.717, 1.165) is 0 Å². The zero-order valence-electron chi connectivity index (χ0n) is 28.1. The molecule has 2 heterocycles. The summed E-state index contributed by atoms with van der Waals surface area (Å²) in [6, 6.07) is 21.2. The molecule has 1 saturated heterocycles. The van der Waals surface area contributed by atoms with Gasteiger partial charge in [0.1, 0.15) is 6.04 Å². The molecule has 51 heavy (non-hydrogen) atoms. The van der Waals surface area contributed by atoms with Gasteiger partial charge in [0.25, 0.3) is 11.8 Å². The number of carbonyl (C=O) groups excluding carboxylic acids is 4. The minimum atomic E-state index is -3.93. The van der Waals surface area contributed by atoms with Crippen LogP contribution in [0.15, 0.2) is 89.8 Å². The summed E-state index contributed by atoms with van der Waals surface area (Å²) < 4.78 is 43.7. The zero-order valence-corrected chi connectivity index (χ0v) is 28.9. The fourth-order valence-corrected chi connectivity index (χ4v) is 8.09.